The van der Waals surface area contributed by atoms with Gasteiger partial charge in [0.2, 0.25) is 11.8 Å². The Morgan fingerprint density at radius 3 is 2.14 bits per heavy atom. The topological polar surface area (TPSA) is 113 Å². The Balaban J connectivity index is 2.99. The third kappa shape index (κ3) is 6.20. The number of rotatable bonds is 7. The third-order valence-electron chi connectivity index (χ3n) is 2.46. The van der Waals surface area contributed by atoms with Crippen LogP contribution in [0.4, 0.5) is 11.4 Å². The number of nitrogens with two attached hydrogens (primary N) is 1. The molecule has 8 heteroatoms. The van der Waals surface area contributed by atoms with Crippen LogP contribution in [0.3, 0.4) is 0 Å². The van der Waals surface area contributed by atoms with Gasteiger partial charge in [0.05, 0.1) is 13.1 Å². The van der Waals surface area contributed by atoms with Crippen LogP contribution in [-0.2, 0) is 20.8 Å². The van der Waals surface area contributed by atoms with Crippen LogP contribution in [-0.4, -0.2) is 38.7 Å². The molecule has 1 aromatic carbocycles. The molecule has 0 fully saturated rings. The van der Waals surface area contributed by atoms with Gasteiger partial charge in [-0.25, -0.2) is 0 Å². The van der Waals surface area contributed by atoms with Crippen LogP contribution in [0.5, 0.6) is 0 Å². The Morgan fingerprint density at radius 1 is 1.10 bits per heavy atom. The molecule has 1 aromatic rings. The lowest BCUT2D eigenvalue weighted by Gasteiger charge is -2.11. The molecule has 0 aromatic heterocycles. The number of carbonyl (C=O) groups excluding carboxylic acids is 3. The number of amides is 2. The highest BCUT2D eigenvalue weighted by Crippen LogP contribution is 2.20. The molecule has 0 spiro atoms. The second-order valence-corrected chi connectivity index (χ2v) is 4.48. The quantitative estimate of drug-likeness (QED) is 0.497. The fourth-order valence-electron chi connectivity index (χ4n) is 1.74. The van der Waals surface area contributed by atoms with E-state index in [1.807, 2.05) is 0 Å². The van der Waals surface area contributed by atoms with Gasteiger partial charge in [0.25, 0.3) is 0 Å². The highest BCUT2D eigenvalue weighted by Gasteiger charge is 2.08. The number of hydrogen-bond donors (Lipinski definition) is 4. The van der Waals surface area contributed by atoms with Crippen molar-refractivity contribution < 1.29 is 14.4 Å². The summed E-state index contributed by atoms with van der Waals surface area (Å²) in [6.45, 7) is 1.25. The number of carbonyl (C=O) groups is 3. The average molecular weight is 288 g/mol. The summed E-state index contributed by atoms with van der Waals surface area (Å²) in [7, 11) is 5.07. The molecule has 0 atom stereocenters. The molecule has 0 aliphatic carbocycles. The van der Waals surface area contributed by atoms with E-state index in [1.54, 1.807) is 18.2 Å². The van der Waals surface area contributed by atoms with Gasteiger partial charge in [-0.05, 0) is 30.7 Å². The van der Waals surface area contributed by atoms with Crippen LogP contribution < -0.4 is 21.6 Å². The van der Waals surface area contributed by atoms with Crippen LogP contribution in [0.2, 0.25) is 0 Å². The minimum absolute atomic E-state index is 0.0294. The maximum Gasteiger partial charge on any atom is 0.238 e. The molecule has 1 rings (SSSR count). The molecule has 21 heavy (non-hydrogen) atoms. The summed E-state index contributed by atoms with van der Waals surface area (Å²) in [6, 6.07) is 4.89. The summed E-state index contributed by atoms with van der Waals surface area (Å²) >= 11 is 0. The first-order valence-corrected chi connectivity index (χ1v) is 6.31. The van der Waals surface area contributed by atoms with Crippen LogP contribution in [0.1, 0.15) is 12.5 Å². The highest BCUT2D eigenvalue weighted by atomic mass is 16.2. The van der Waals surface area contributed by atoms with Crippen molar-refractivity contribution in [3.63, 3.8) is 0 Å². The summed E-state index contributed by atoms with van der Waals surface area (Å²) in [5.41, 5.74) is 6.83. The van der Waals surface area contributed by atoms with Crippen LogP contribution in [0, 0.1) is 0 Å². The van der Waals surface area contributed by atoms with E-state index in [-0.39, 0.29) is 37.1 Å². The second-order valence-electron chi connectivity index (χ2n) is 4.48. The smallest absolute Gasteiger partial charge is 0.238 e. The Morgan fingerprint density at radius 2 is 1.67 bits per heavy atom. The van der Waals surface area contributed by atoms with Gasteiger partial charge < -0.3 is 21.6 Å². The lowest BCUT2D eigenvalue weighted by molar-refractivity contribution is -0.116. The molecule has 0 saturated heterocycles. The first-order chi connectivity index (χ1) is 9.94. The summed E-state index contributed by atoms with van der Waals surface area (Å²) in [5.74, 6) is -0.734. The first kappa shape index (κ1) is 16.9. The molecular formula is C13H17BN4O3. The maximum atomic E-state index is 11.5. The number of hydrogen-bond acceptors (Lipinski definition) is 5. The zero-order valence-electron chi connectivity index (χ0n) is 11.7. The summed E-state index contributed by atoms with van der Waals surface area (Å²) < 4.78 is 0. The maximum absolute atomic E-state index is 11.5. The molecule has 2 amide bonds. The van der Waals surface area contributed by atoms with Crippen LogP contribution >= 0.6 is 0 Å². The van der Waals surface area contributed by atoms with Crippen LogP contribution in [0.25, 0.3) is 0 Å². The Labute approximate surface area is 124 Å². The summed E-state index contributed by atoms with van der Waals surface area (Å²) in [5, 5.41) is 7.43. The number of benzene rings is 1. The Kier molecular flexibility index (Phi) is 6.57. The van der Waals surface area contributed by atoms with Crippen molar-refractivity contribution in [2.24, 2.45) is 5.73 Å². The van der Waals surface area contributed by atoms with Crippen molar-refractivity contribution in [2.45, 2.75) is 13.3 Å². The van der Waals surface area contributed by atoms with Gasteiger partial charge in [-0.15, -0.1) is 0 Å². The summed E-state index contributed by atoms with van der Waals surface area (Å²) in [4.78, 5) is 34.1. The van der Waals surface area contributed by atoms with Gasteiger partial charge >= 0.3 is 0 Å². The summed E-state index contributed by atoms with van der Waals surface area (Å²) in [6.07, 6.45) is 0.199. The lowest BCUT2D eigenvalue weighted by Crippen LogP contribution is -2.26. The van der Waals surface area contributed by atoms with E-state index in [1.165, 1.54) is 6.92 Å². The molecule has 0 unspecified atom stereocenters. The average Bonchev–Trinajstić information content (AvgIpc) is 2.37. The molecule has 7 nitrogen and oxygen atoms in total. The number of Topliss-reactive ketones (excluding diaryl/α,β-unsaturated/α-hetero) is 1. The van der Waals surface area contributed by atoms with E-state index < -0.39 is 0 Å². The monoisotopic (exact) mass is 288 g/mol. The van der Waals surface area contributed by atoms with Crippen molar-refractivity contribution in [1.82, 2.24) is 5.23 Å². The molecule has 0 saturated carbocycles. The standard InChI is InChI=1S/C13H17BN4O3/c1-8(19)2-9-3-10(17-12(20)6-15)5-11(4-9)18-13(21)7-16-14/h3-5,16H,2,6-7,15H2,1H3,(H,17,20)(H,18,21). The molecular weight excluding hydrogens is 271 g/mol. The molecule has 0 heterocycles. The zero-order valence-corrected chi connectivity index (χ0v) is 11.7. The Bertz CT molecular complexity index is 548. The molecule has 0 aliphatic rings. The van der Waals surface area contributed by atoms with Gasteiger partial charge in [0, 0.05) is 17.8 Å². The molecule has 110 valence electrons. The second kappa shape index (κ2) is 8.18. The third-order valence-corrected chi connectivity index (χ3v) is 2.46. The van der Waals surface area contributed by atoms with Crippen molar-refractivity contribution in [1.29, 1.82) is 0 Å². The largest absolute Gasteiger partial charge is 0.359 e. The predicted molar refractivity (Wildman–Crippen MR) is 80.9 cm³/mol. The van der Waals surface area contributed by atoms with Crippen LogP contribution in [0.15, 0.2) is 18.2 Å². The normalized spacial score (nSPS) is 10.0. The number of ketones is 1. The van der Waals surface area contributed by atoms with Gasteiger partial charge in [-0.2, -0.15) is 0 Å². The molecule has 0 aliphatic heterocycles. The lowest BCUT2D eigenvalue weighted by atomic mass is 10.1. The minimum Gasteiger partial charge on any atom is -0.359 e. The highest BCUT2D eigenvalue weighted by molar-refractivity contribution is 6.07. The SMILES string of the molecule is [B]NCC(=O)Nc1cc(CC(C)=O)cc(NC(=O)CN)c1. The Hall–Kier alpha value is -2.19. The molecule has 0 bridgehead atoms. The van der Waals surface area contributed by atoms with E-state index in [9.17, 15) is 14.4 Å². The molecule has 5 N–H and O–H groups in total. The van der Waals surface area contributed by atoms with E-state index in [4.69, 9.17) is 13.7 Å². The van der Waals surface area contributed by atoms with E-state index in [0.717, 1.165) is 0 Å². The van der Waals surface area contributed by atoms with Gasteiger partial charge in [0.15, 0.2) is 7.98 Å². The van der Waals surface area contributed by atoms with Crippen molar-refractivity contribution >= 4 is 37.0 Å². The first-order valence-electron chi connectivity index (χ1n) is 6.31. The van der Waals surface area contributed by atoms with Gasteiger partial charge in [-0.1, -0.05) is 0 Å². The van der Waals surface area contributed by atoms with E-state index in [2.05, 4.69) is 15.9 Å². The van der Waals surface area contributed by atoms with Gasteiger partial charge in [0.1, 0.15) is 5.78 Å². The molecule has 2 radical (unpaired) electrons. The zero-order chi connectivity index (χ0) is 15.8. The number of nitrogens with one attached hydrogen (secondary N) is 3. The fourth-order valence-corrected chi connectivity index (χ4v) is 1.74. The fraction of sp³-hybridized carbons (Fsp3) is 0.308. The van der Waals surface area contributed by atoms with Crippen molar-refractivity contribution in [2.75, 3.05) is 23.7 Å². The predicted octanol–water partition coefficient (Wildman–Crippen LogP) is -0.673. The minimum atomic E-state index is -0.365. The number of anilines is 2. The van der Waals surface area contributed by atoms with E-state index in [0.29, 0.717) is 16.9 Å². The van der Waals surface area contributed by atoms with Crippen molar-refractivity contribution in [3.05, 3.63) is 23.8 Å². The van der Waals surface area contributed by atoms with Crippen molar-refractivity contribution in [3.8, 4) is 0 Å². The van der Waals surface area contributed by atoms with E-state index >= 15 is 0 Å². The van der Waals surface area contributed by atoms with Gasteiger partial charge in [-0.3, -0.25) is 14.4 Å².